The molecular formula is C34H34F7NO3. The molecule has 0 heterocycles. The molecule has 1 saturated carbocycles. The summed E-state index contributed by atoms with van der Waals surface area (Å²) in [5, 5.41) is 2.94. The van der Waals surface area contributed by atoms with Crippen LogP contribution in [0.2, 0.25) is 0 Å². The van der Waals surface area contributed by atoms with Crippen molar-refractivity contribution in [1.82, 2.24) is 5.32 Å². The van der Waals surface area contributed by atoms with Crippen molar-refractivity contribution < 1.29 is 45.0 Å². The van der Waals surface area contributed by atoms with Gasteiger partial charge in [0.15, 0.2) is 0 Å². The van der Waals surface area contributed by atoms with Crippen LogP contribution in [0.25, 0.3) is 0 Å². The fourth-order valence-corrected chi connectivity index (χ4v) is 5.90. The van der Waals surface area contributed by atoms with Crippen molar-refractivity contribution in [1.29, 1.82) is 0 Å². The highest BCUT2D eigenvalue weighted by atomic mass is 19.4. The molecule has 3 aromatic carbocycles. The van der Waals surface area contributed by atoms with Crippen LogP contribution >= 0.6 is 0 Å². The zero-order valence-corrected chi connectivity index (χ0v) is 24.5. The average molecular weight is 638 g/mol. The molecule has 0 saturated heterocycles. The van der Waals surface area contributed by atoms with Crippen LogP contribution in [0, 0.1) is 11.7 Å². The Bertz CT molecular complexity index is 1390. The van der Waals surface area contributed by atoms with E-state index in [1.807, 2.05) is 30.3 Å². The first-order valence-electron chi connectivity index (χ1n) is 14.5. The summed E-state index contributed by atoms with van der Waals surface area (Å²) in [4.78, 5) is 12.9. The van der Waals surface area contributed by atoms with Crippen molar-refractivity contribution in [3.8, 4) is 0 Å². The number of hydrogen-bond donors (Lipinski definition) is 1. The average Bonchev–Trinajstić information content (AvgIpc) is 3.41. The summed E-state index contributed by atoms with van der Waals surface area (Å²) in [5.41, 5.74) is -1.66. The number of rotatable bonds is 11. The molecule has 4 nitrogen and oxygen atoms in total. The summed E-state index contributed by atoms with van der Waals surface area (Å²) in [5.74, 6) is -1.22. The number of benzene rings is 3. The maximum absolute atomic E-state index is 13.9. The molecule has 0 aliphatic heterocycles. The van der Waals surface area contributed by atoms with Gasteiger partial charge in [0.25, 0.3) is 0 Å². The van der Waals surface area contributed by atoms with Crippen LogP contribution in [-0.4, -0.2) is 18.2 Å². The van der Waals surface area contributed by atoms with Gasteiger partial charge in [-0.2, -0.15) is 26.3 Å². The van der Waals surface area contributed by atoms with Gasteiger partial charge in [0.1, 0.15) is 12.4 Å². The summed E-state index contributed by atoms with van der Waals surface area (Å²) >= 11 is 0. The molecule has 1 amide bonds. The van der Waals surface area contributed by atoms with Gasteiger partial charge in [-0.25, -0.2) is 9.18 Å². The van der Waals surface area contributed by atoms with Crippen LogP contribution in [0.3, 0.4) is 0 Å². The largest absolute Gasteiger partial charge is 0.445 e. The highest BCUT2D eigenvalue weighted by Gasteiger charge is 2.44. The fraction of sp³-hybridized carbons (Fsp3) is 0.382. The predicted octanol–water partition coefficient (Wildman–Crippen LogP) is 9.76. The SMILES string of the molecule is C=CCC[C@H](NC(=O)OCc1ccccc1)C1CCC(O[C@H](C)c2cc(C(F)(F)F)cc(C(F)(F)F)c2)C1c1ccc(F)cc1. The quantitative estimate of drug-likeness (QED) is 0.168. The first-order chi connectivity index (χ1) is 21.3. The number of amides is 1. The summed E-state index contributed by atoms with van der Waals surface area (Å²) in [6.07, 6.45) is -8.80. The van der Waals surface area contributed by atoms with E-state index in [0.717, 1.165) is 5.56 Å². The molecule has 11 heteroatoms. The number of carbonyl (C=O) groups excluding carboxylic acids is 1. The highest BCUT2D eigenvalue weighted by molar-refractivity contribution is 5.67. The lowest BCUT2D eigenvalue weighted by Crippen LogP contribution is -2.42. The zero-order valence-electron chi connectivity index (χ0n) is 24.5. The number of alkyl carbamates (subject to hydrolysis) is 1. The van der Waals surface area contributed by atoms with Crippen molar-refractivity contribution in [3.63, 3.8) is 0 Å². The van der Waals surface area contributed by atoms with E-state index in [2.05, 4.69) is 11.9 Å². The normalized spacial score (nSPS) is 20.0. The Balaban J connectivity index is 1.61. The van der Waals surface area contributed by atoms with Gasteiger partial charge in [0.05, 0.1) is 23.3 Å². The number of alkyl halides is 6. The summed E-state index contributed by atoms with van der Waals surface area (Å²) in [7, 11) is 0. The Kier molecular flexibility index (Phi) is 11.0. The molecule has 1 N–H and O–H groups in total. The Hall–Kier alpha value is -3.86. The molecular weight excluding hydrogens is 603 g/mol. The third-order valence-corrected chi connectivity index (χ3v) is 8.07. The van der Waals surface area contributed by atoms with Gasteiger partial charge < -0.3 is 14.8 Å². The number of carbonyl (C=O) groups is 1. The van der Waals surface area contributed by atoms with Gasteiger partial charge in [-0.15, -0.1) is 6.58 Å². The van der Waals surface area contributed by atoms with Gasteiger partial charge in [0.2, 0.25) is 0 Å². The Morgan fingerprint density at radius 3 is 2.16 bits per heavy atom. The van der Waals surface area contributed by atoms with Gasteiger partial charge in [-0.3, -0.25) is 0 Å². The summed E-state index contributed by atoms with van der Waals surface area (Å²) in [6, 6.07) is 15.8. The van der Waals surface area contributed by atoms with E-state index >= 15 is 0 Å². The minimum Gasteiger partial charge on any atom is -0.445 e. The van der Waals surface area contributed by atoms with E-state index in [4.69, 9.17) is 9.47 Å². The van der Waals surface area contributed by atoms with E-state index in [0.29, 0.717) is 43.4 Å². The molecule has 4 rings (SSSR count). The maximum Gasteiger partial charge on any atom is 0.416 e. The Morgan fingerprint density at radius 1 is 0.956 bits per heavy atom. The lowest BCUT2D eigenvalue weighted by Gasteiger charge is -2.33. The number of allylic oxidation sites excluding steroid dienone is 1. The molecule has 0 bridgehead atoms. The van der Waals surface area contributed by atoms with E-state index in [-0.39, 0.29) is 24.2 Å². The van der Waals surface area contributed by atoms with Crippen LogP contribution < -0.4 is 5.32 Å². The Morgan fingerprint density at radius 2 is 1.58 bits per heavy atom. The molecule has 0 radical (unpaired) electrons. The number of halogens is 7. The van der Waals surface area contributed by atoms with Gasteiger partial charge >= 0.3 is 18.4 Å². The van der Waals surface area contributed by atoms with Crippen molar-refractivity contribution in [3.05, 3.63) is 119 Å². The van der Waals surface area contributed by atoms with E-state index in [9.17, 15) is 35.5 Å². The summed E-state index contributed by atoms with van der Waals surface area (Å²) in [6.45, 7) is 5.22. The molecule has 0 spiro atoms. The molecule has 5 atom stereocenters. The standard InChI is InChI=1S/C34H34F7NO3/c1-3-4-10-29(42-32(43)44-20-22-8-6-5-7-9-22)28-15-16-30(31(28)23-11-13-27(35)14-12-23)45-21(2)24-17-25(33(36,37)38)19-26(18-24)34(39,40)41/h3,5-9,11-14,17-19,21,28-31H,1,4,10,15-16,20H2,2H3,(H,42,43)/t21-,28?,29+,30?,31?/m1/s1. The van der Waals surface area contributed by atoms with Crippen molar-refractivity contribution >= 4 is 6.09 Å². The van der Waals surface area contributed by atoms with Crippen LogP contribution in [0.4, 0.5) is 35.5 Å². The van der Waals surface area contributed by atoms with Crippen LogP contribution in [-0.2, 0) is 28.4 Å². The van der Waals surface area contributed by atoms with Crippen molar-refractivity contribution in [2.75, 3.05) is 0 Å². The maximum atomic E-state index is 13.9. The number of ether oxygens (including phenoxy) is 2. The third kappa shape index (κ3) is 9.09. The first-order valence-corrected chi connectivity index (χ1v) is 14.5. The van der Waals surface area contributed by atoms with Crippen molar-refractivity contribution in [2.24, 2.45) is 5.92 Å². The van der Waals surface area contributed by atoms with Crippen molar-refractivity contribution in [2.45, 2.75) is 75.7 Å². The second kappa shape index (κ2) is 14.5. The third-order valence-electron chi connectivity index (χ3n) is 8.07. The van der Waals surface area contributed by atoms with Crippen LogP contribution in [0.15, 0.2) is 85.5 Å². The number of nitrogens with one attached hydrogen (secondary N) is 1. The van der Waals surface area contributed by atoms with Crippen LogP contribution in [0.5, 0.6) is 0 Å². The second-order valence-corrected chi connectivity index (χ2v) is 11.2. The van der Waals surface area contributed by atoms with E-state index in [1.54, 1.807) is 18.2 Å². The molecule has 3 unspecified atom stereocenters. The molecule has 1 aliphatic rings. The fourth-order valence-electron chi connectivity index (χ4n) is 5.90. The minimum absolute atomic E-state index is 0.0487. The zero-order chi connectivity index (χ0) is 32.8. The second-order valence-electron chi connectivity index (χ2n) is 11.2. The van der Waals surface area contributed by atoms with Gasteiger partial charge in [-0.05, 0) is 85.5 Å². The predicted molar refractivity (Wildman–Crippen MR) is 155 cm³/mol. The Labute approximate surface area is 257 Å². The summed E-state index contributed by atoms with van der Waals surface area (Å²) < 4.78 is 107. The molecule has 1 fully saturated rings. The first kappa shape index (κ1) is 34.0. The monoisotopic (exact) mass is 637 g/mol. The highest BCUT2D eigenvalue weighted by Crippen LogP contribution is 2.46. The molecule has 242 valence electrons. The van der Waals surface area contributed by atoms with E-state index in [1.165, 1.54) is 19.1 Å². The molecule has 3 aromatic rings. The van der Waals surface area contributed by atoms with Gasteiger partial charge in [0, 0.05) is 12.0 Å². The lowest BCUT2D eigenvalue weighted by molar-refractivity contribution is -0.143. The number of hydrogen-bond acceptors (Lipinski definition) is 3. The molecule has 45 heavy (non-hydrogen) atoms. The van der Waals surface area contributed by atoms with E-state index < -0.39 is 59.6 Å². The molecule has 0 aromatic heterocycles. The van der Waals surface area contributed by atoms with Gasteiger partial charge in [-0.1, -0.05) is 48.5 Å². The smallest absolute Gasteiger partial charge is 0.416 e. The molecule has 1 aliphatic carbocycles. The lowest BCUT2D eigenvalue weighted by atomic mass is 9.81. The topological polar surface area (TPSA) is 47.6 Å². The van der Waals surface area contributed by atoms with Crippen LogP contribution in [0.1, 0.15) is 72.4 Å². The minimum atomic E-state index is -5.00.